The highest BCUT2D eigenvalue weighted by atomic mass is 16.2. The Morgan fingerprint density at radius 2 is 1.48 bits per heavy atom. The van der Waals surface area contributed by atoms with Gasteiger partial charge in [0.1, 0.15) is 0 Å². The molecule has 1 amide bonds. The van der Waals surface area contributed by atoms with Crippen LogP contribution in [0.1, 0.15) is 39.7 Å². The Hall–Kier alpha value is -1.35. The van der Waals surface area contributed by atoms with Crippen molar-refractivity contribution in [1.82, 2.24) is 9.80 Å². The van der Waals surface area contributed by atoms with E-state index < -0.39 is 0 Å². The monoisotopic (exact) mass is 292 g/mol. The lowest BCUT2D eigenvalue weighted by Crippen LogP contribution is -2.47. The van der Waals surface area contributed by atoms with E-state index in [2.05, 4.69) is 24.1 Å². The molecule has 1 aliphatic heterocycles. The van der Waals surface area contributed by atoms with Gasteiger partial charge < -0.3 is 9.80 Å². The van der Waals surface area contributed by atoms with Gasteiger partial charge in [0.15, 0.2) is 0 Å². The molecule has 0 unspecified atom stereocenters. The predicted molar refractivity (Wildman–Crippen MR) is 91.5 cm³/mol. The Labute approximate surface area is 130 Å². The number of carbonyl (C=O) groups excluding carboxylic acids is 1. The van der Waals surface area contributed by atoms with Crippen LogP contribution in [-0.2, 0) is 11.2 Å². The molecule has 0 atom stereocenters. The Balaban J connectivity index is 0.000000921. The van der Waals surface area contributed by atoms with Crippen LogP contribution in [0.5, 0.6) is 0 Å². The standard InChI is InChI=1S/C14H20N2O.2C2H6/c1-15-9-11-16(12-10-15)14(17)8-7-13-5-3-2-4-6-13;2*1-2/h2-6H,7-12H2,1H3;2*1-2H3. The lowest BCUT2D eigenvalue weighted by Gasteiger charge is -2.32. The first kappa shape index (κ1) is 19.7. The van der Waals surface area contributed by atoms with Crippen LogP contribution >= 0.6 is 0 Å². The van der Waals surface area contributed by atoms with Crippen LogP contribution in [0.3, 0.4) is 0 Å². The maximum absolute atomic E-state index is 12.0. The molecule has 2 rings (SSSR count). The average Bonchev–Trinajstić information content (AvgIpc) is 2.58. The molecule has 0 aliphatic carbocycles. The summed E-state index contributed by atoms with van der Waals surface area (Å²) in [6, 6.07) is 10.2. The van der Waals surface area contributed by atoms with E-state index in [0.29, 0.717) is 12.3 Å². The van der Waals surface area contributed by atoms with Gasteiger partial charge in [-0.15, -0.1) is 0 Å². The third kappa shape index (κ3) is 7.86. The van der Waals surface area contributed by atoms with Crippen molar-refractivity contribution in [1.29, 1.82) is 0 Å². The summed E-state index contributed by atoms with van der Waals surface area (Å²) in [6.45, 7) is 11.8. The molecule has 0 saturated carbocycles. The summed E-state index contributed by atoms with van der Waals surface area (Å²) in [5.74, 6) is 0.293. The highest BCUT2D eigenvalue weighted by Gasteiger charge is 2.18. The van der Waals surface area contributed by atoms with Gasteiger partial charge in [-0.25, -0.2) is 0 Å². The molecule has 0 radical (unpaired) electrons. The van der Waals surface area contributed by atoms with Crippen LogP contribution in [-0.4, -0.2) is 48.9 Å². The number of piperazine rings is 1. The first-order valence-corrected chi connectivity index (χ1v) is 8.26. The largest absolute Gasteiger partial charge is 0.340 e. The van der Waals surface area contributed by atoms with Crippen molar-refractivity contribution in [3.63, 3.8) is 0 Å². The third-order valence-electron chi connectivity index (χ3n) is 3.33. The van der Waals surface area contributed by atoms with E-state index in [4.69, 9.17) is 0 Å². The number of carbonyl (C=O) groups is 1. The predicted octanol–water partition coefficient (Wildman–Crippen LogP) is 3.45. The normalized spacial score (nSPS) is 14.4. The van der Waals surface area contributed by atoms with E-state index in [1.807, 2.05) is 50.8 Å². The van der Waals surface area contributed by atoms with E-state index in [1.165, 1.54) is 5.56 Å². The van der Waals surface area contributed by atoms with Crippen LogP contribution in [0, 0.1) is 0 Å². The van der Waals surface area contributed by atoms with Crippen molar-refractivity contribution in [3.05, 3.63) is 35.9 Å². The minimum absolute atomic E-state index is 0.293. The molecule has 1 heterocycles. The molecule has 1 saturated heterocycles. The molecule has 1 aromatic carbocycles. The molecular weight excluding hydrogens is 260 g/mol. The van der Waals surface area contributed by atoms with Crippen LogP contribution < -0.4 is 0 Å². The number of benzene rings is 1. The molecule has 120 valence electrons. The minimum Gasteiger partial charge on any atom is -0.340 e. The number of hydrogen-bond acceptors (Lipinski definition) is 2. The molecular formula is C18H32N2O. The van der Waals surface area contributed by atoms with E-state index >= 15 is 0 Å². The second kappa shape index (κ2) is 12.4. The van der Waals surface area contributed by atoms with Gasteiger partial charge in [-0.1, -0.05) is 58.0 Å². The first-order valence-electron chi connectivity index (χ1n) is 8.26. The third-order valence-corrected chi connectivity index (χ3v) is 3.33. The fraction of sp³-hybridized carbons (Fsp3) is 0.611. The quantitative estimate of drug-likeness (QED) is 0.852. The molecule has 21 heavy (non-hydrogen) atoms. The number of hydrogen-bond donors (Lipinski definition) is 0. The zero-order valence-corrected chi connectivity index (χ0v) is 14.4. The van der Waals surface area contributed by atoms with Crippen molar-refractivity contribution in [2.45, 2.75) is 40.5 Å². The molecule has 0 aromatic heterocycles. The van der Waals surface area contributed by atoms with Gasteiger partial charge in [0.2, 0.25) is 5.91 Å². The number of amides is 1. The summed E-state index contributed by atoms with van der Waals surface area (Å²) in [5.41, 5.74) is 1.25. The van der Waals surface area contributed by atoms with Crippen LogP contribution in [0.25, 0.3) is 0 Å². The van der Waals surface area contributed by atoms with Crippen LogP contribution in [0.2, 0.25) is 0 Å². The van der Waals surface area contributed by atoms with Gasteiger partial charge in [-0.3, -0.25) is 4.79 Å². The van der Waals surface area contributed by atoms with E-state index in [-0.39, 0.29) is 0 Å². The number of rotatable bonds is 3. The average molecular weight is 292 g/mol. The lowest BCUT2D eigenvalue weighted by molar-refractivity contribution is -0.132. The summed E-state index contributed by atoms with van der Waals surface area (Å²) in [6.07, 6.45) is 1.49. The fourth-order valence-electron chi connectivity index (χ4n) is 2.11. The number of aryl methyl sites for hydroxylation is 1. The summed E-state index contributed by atoms with van der Waals surface area (Å²) in [4.78, 5) is 16.2. The van der Waals surface area contributed by atoms with Crippen molar-refractivity contribution < 1.29 is 4.79 Å². The smallest absolute Gasteiger partial charge is 0.222 e. The molecule has 1 aromatic rings. The Morgan fingerprint density at radius 1 is 0.952 bits per heavy atom. The number of likely N-dealkylation sites (N-methyl/N-ethyl adjacent to an activating group) is 1. The summed E-state index contributed by atoms with van der Waals surface area (Å²) in [5, 5.41) is 0. The van der Waals surface area contributed by atoms with Gasteiger partial charge in [-0.05, 0) is 19.0 Å². The first-order chi connectivity index (χ1) is 10.3. The van der Waals surface area contributed by atoms with E-state index in [9.17, 15) is 4.79 Å². The molecule has 0 spiro atoms. The number of nitrogens with zero attached hydrogens (tertiary/aromatic N) is 2. The van der Waals surface area contributed by atoms with Gasteiger partial charge in [0.25, 0.3) is 0 Å². The molecule has 1 aliphatic rings. The van der Waals surface area contributed by atoms with Crippen molar-refractivity contribution in [2.24, 2.45) is 0 Å². The molecule has 1 fully saturated rings. The second-order valence-corrected chi connectivity index (χ2v) is 4.67. The molecule has 3 nitrogen and oxygen atoms in total. The Morgan fingerprint density at radius 3 is 2.00 bits per heavy atom. The maximum Gasteiger partial charge on any atom is 0.222 e. The fourth-order valence-corrected chi connectivity index (χ4v) is 2.11. The van der Waals surface area contributed by atoms with Crippen molar-refractivity contribution in [2.75, 3.05) is 33.2 Å². The SMILES string of the molecule is CC.CC.CN1CCN(C(=O)CCc2ccccc2)CC1. The van der Waals surface area contributed by atoms with Crippen molar-refractivity contribution >= 4 is 5.91 Å². The second-order valence-electron chi connectivity index (χ2n) is 4.67. The zero-order valence-electron chi connectivity index (χ0n) is 14.4. The highest BCUT2D eigenvalue weighted by Crippen LogP contribution is 2.06. The topological polar surface area (TPSA) is 23.6 Å². The summed E-state index contributed by atoms with van der Waals surface area (Å²) in [7, 11) is 2.10. The summed E-state index contributed by atoms with van der Waals surface area (Å²) >= 11 is 0. The highest BCUT2D eigenvalue weighted by molar-refractivity contribution is 5.76. The molecule has 3 heteroatoms. The Bertz CT molecular complexity index is 357. The molecule has 0 N–H and O–H groups in total. The summed E-state index contributed by atoms with van der Waals surface area (Å²) < 4.78 is 0. The van der Waals surface area contributed by atoms with E-state index in [1.54, 1.807) is 0 Å². The van der Waals surface area contributed by atoms with Gasteiger partial charge in [0.05, 0.1) is 0 Å². The van der Waals surface area contributed by atoms with Gasteiger partial charge in [-0.2, -0.15) is 0 Å². The maximum atomic E-state index is 12.0. The van der Waals surface area contributed by atoms with Gasteiger partial charge >= 0.3 is 0 Å². The zero-order chi connectivity index (χ0) is 16.1. The van der Waals surface area contributed by atoms with Gasteiger partial charge in [0, 0.05) is 32.6 Å². The lowest BCUT2D eigenvalue weighted by atomic mass is 10.1. The van der Waals surface area contributed by atoms with Crippen molar-refractivity contribution in [3.8, 4) is 0 Å². The minimum atomic E-state index is 0.293. The molecule has 0 bridgehead atoms. The van der Waals surface area contributed by atoms with Crippen LogP contribution in [0.15, 0.2) is 30.3 Å². The van der Waals surface area contributed by atoms with Crippen LogP contribution in [0.4, 0.5) is 0 Å². The Kier molecular flexibility index (Phi) is 11.6. The van der Waals surface area contributed by atoms with E-state index in [0.717, 1.165) is 32.6 Å².